The summed E-state index contributed by atoms with van der Waals surface area (Å²) in [6, 6.07) is 9.24. The number of amides is 1. The molecule has 1 fully saturated rings. The molecule has 1 aromatic carbocycles. The van der Waals surface area contributed by atoms with Gasteiger partial charge in [-0.2, -0.15) is 5.10 Å². The molecule has 0 unspecified atom stereocenters. The maximum absolute atomic E-state index is 12.5. The van der Waals surface area contributed by atoms with Crippen molar-refractivity contribution in [3.63, 3.8) is 0 Å². The number of hydrogen-bond donors (Lipinski definition) is 0. The summed E-state index contributed by atoms with van der Waals surface area (Å²) in [6.07, 6.45) is -0.0941. The molecule has 1 saturated heterocycles. The van der Waals surface area contributed by atoms with E-state index in [1.54, 1.807) is 11.8 Å². The fraction of sp³-hybridized carbons (Fsp3) is 0.421. The standard InChI is InChI=1S/C19H22ClN3O4/c1-12-9-22(10-13(2)27-12)16(24)11-26-19(25)17-14(3)21-23(18(17)20)15-7-5-4-6-8-15/h4-8,12-13H,9-11H2,1-3H3/t12-,13-/m1/s1. The van der Waals surface area contributed by atoms with Crippen molar-refractivity contribution in [3.05, 3.63) is 46.7 Å². The Labute approximate surface area is 162 Å². The lowest BCUT2D eigenvalue weighted by molar-refractivity contribution is -0.146. The van der Waals surface area contributed by atoms with E-state index >= 15 is 0 Å². The molecule has 0 N–H and O–H groups in total. The third-order valence-electron chi connectivity index (χ3n) is 4.31. The van der Waals surface area contributed by atoms with Gasteiger partial charge in [-0.3, -0.25) is 4.79 Å². The summed E-state index contributed by atoms with van der Waals surface area (Å²) in [5.41, 5.74) is 1.34. The fourth-order valence-electron chi connectivity index (χ4n) is 3.14. The smallest absolute Gasteiger partial charge is 0.343 e. The number of carbonyl (C=O) groups excluding carboxylic acids is 2. The quantitative estimate of drug-likeness (QED) is 0.749. The number of benzene rings is 1. The van der Waals surface area contributed by atoms with E-state index in [9.17, 15) is 9.59 Å². The number of esters is 1. The van der Waals surface area contributed by atoms with Crippen molar-refractivity contribution in [1.29, 1.82) is 0 Å². The Morgan fingerprint density at radius 1 is 1.22 bits per heavy atom. The Morgan fingerprint density at radius 2 is 1.85 bits per heavy atom. The summed E-state index contributed by atoms with van der Waals surface area (Å²) in [5, 5.41) is 4.47. The van der Waals surface area contributed by atoms with Crippen LogP contribution in [0.15, 0.2) is 30.3 Å². The Kier molecular flexibility index (Phi) is 5.82. The van der Waals surface area contributed by atoms with Crippen molar-refractivity contribution in [2.75, 3.05) is 19.7 Å². The minimum atomic E-state index is -0.664. The van der Waals surface area contributed by atoms with E-state index in [4.69, 9.17) is 21.1 Å². The van der Waals surface area contributed by atoms with Crippen LogP contribution in [-0.4, -0.2) is 58.5 Å². The fourth-order valence-corrected chi connectivity index (χ4v) is 3.49. The molecule has 2 heterocycles. The van der Waals surface area contributed by atoms with Crippen molar-refractivity contribution in [3.8, 4) is 5.69 Å². The first-order valence-electron chi connectivity index (χ1n) is 8.77. The van der Waals surface area contributed by atoms with E-state index in [-0.39, 0.29) is 35.4 Å². The van der Waals surface area contributed by atoms with Crippen LogP contribution in [0.4, 0.5) is 0 Å². The van der Waals surface area contributed by atoms with Gasteiger partial charge in [0.1, 0.15) is 10.7 Å². The van der Waals surface area contributed by atoms with Crippen LogP contribution >= 0.6 is 11.6 Å². The molecular formula is C19H22ClN3O4. The van der Waals surface area contributed by atoms with Crippen molar-refractivity contribution < 1.29 is 19.1 Å². The second kappa shape index (κ2) is 8.10. The monoisotopic (exact) mass is 391 g/mol. The first kappa shape index (κ1) is 19.4. The lowest BCUT2D eigenvalue weighted by Crippen LogP contribution is -2.49. The largest absolute Gasteiger partial charge is 0.452 e. The number of halogens is 1. The van der Waals surface area contributed by atoms with Crippen LogP contribution in [0.1, 0.15) is 29.9 Å². The van der Waals surface area contributed by atoms with Gasteiger partial charge in [-0.25, -0.2) is 9.48 Å². The number of nitrogens with zero attached hydrogens (tertiary/aromatic N) is 3. The summed E-state index contributed by atoms with van der Waals surface area (Å²) in [5.74, 6) is -0.919. The maximum atomic E-state index is 12.5. The SMILES string of the molecule is Cc1nn(-c2ccccc2)c(Cl)c1C(=O)OCC(=O)N1C[C@@H](C)O[C@H](C)C1. The van der Waals surface area contributed by atoms with E-state index in [1.807, 2.05) is 44.2 Å². The number of morpholine rings is 1. The minimum Gasteiger partial charge on any atom is -0.452 e. The molecule has 0 aliphatic carbocycles. The molecule has 1 amide bonds. The van der Waals surface area contributed by atoms with E-state index in [2.05, 4.69) is 5.10 Å². The molecule has 1 aromatic heterocycles. The van der Waals surface area contributed by atoms with Crippen LogP contribution in [0.25, 0.3) is 5.69 Å². The van der Waals surface area contributed by atoms with Gasteiger partial charge in [0.25, 0.3) is 5.91 Å². The van der Waals surface area contributed by atoms with Crippen LogP contribution < -0.4 is 0 Å². The molecule has 1 aliphatic rings. The Bertz CT molecular complexity index is 827. The molecule has 3 rings (SSSR count). The van der Waals surface area contributed by atoms with Gasteiger partial charge in [0.2, 0.25) is 0 Å². The van der Waals surface area contributed by atoms with Gasteiger partial charge < -0.3 is 14.4 Å². The van der Waals surface area contributed by atoms with Crippen molar-refractivity contribution in [1.82, 2.24) is 14.7 Å². The van der Waals surface area contributed by atoms with Gasteiger partial charge in [-0.1, -0.05) is 29.8 Å². The lowest BCUT2D eigenvalue weighted by atomic mass is 10.2. The van der Waals surface area contributed by atoms with E-state index in [0.717, 1.165) is 5.69 Å². The van der Waals surface area contributed by atoms with Crippen molar-refractivity contribution >= 4 is 23.5 Å². The van der Waals surface area contributed by atoms with Crippen LogP contribution in [-0.2, 0) is 14.3 Å². The molecule has 2 aromatic rings. The zero-order valence-electron chi connectivity index (χ0n) is 15.5. The van der Waals surface area contributed by atoms with Crippen LogP contribution in [0.3, 0.4) is 0 Å². The molecule has 144 valence electrons. The summed E-state index contributed by atoms with van der Waals surface area (Å²) < 4.78 is 12.3. The third-order valence-corrected chi connectivity index (χ3v) is 4.66. The molecular weight excluding hydrogens is 370 g/mol. The van der Waals surface area contributed by atoms with Gasteiger partial charge in [0.05, 0.1) is 23.6 Å². The lowest BCUT2D eigenvalue weighted by Gasteiger charge is -2.35. The van der Waals surface area contributed by atoms with E-state index < -0.39 is 5.97 Å². The van der Waals surface area contributed by atoms with E-state index in [1.165, 1.54) is 4.68 Å². The van der Waals surface area contributed by atoms with Crippen LogP contribution in [0, 0.1) is 6.92 Å². The number of aromatic nitrogens is 2. The number of aryl methyl sites for hydroxylation is 1. The highest BCUT2D eigenvalue weighted by atomic mass is 35.5. The zero-order valence-corrected chi connectivity index (χ0v) is 16.3. The predicted molar refractivity (Wildman–Crippen MR) is 100 cm³/mol. The second-order valence-electron chi connectivity index (χ2n) is 6.63. The molecule has 2 atom stereocenters. The molecule has 8 heteroatoms. The molecule has 0 bridgehead atoms. The molecule has 0 spiro atoms. The average molecular weight is 392 g/mol. The maximum Gasteiger partial charge on any atom is 0.343 e. The first-order chi connectivity index (χ1) is 12.9. The van der Waals surface area contributed by atoms with Crippen molar-refractivity contribution in [2.24, 2.45) is 0 Å². The Balaban J connectivity index is 1.68. The number of carbonyl (C=O) groups is 2. The number of para-hydroxylation sites is 1. The molecule has 27 heavy (non-hydrogen) atoms. The van der Waals surface area contributed by atoms with Crippen molar-refractivity contribution in [2.45, 2.75) is 33.0 Å². The van der Waals surface area contributed by atoms with Gasteiger partial charge in [0, 0.05) is 13.1 Å². The number of ether oxygens (including phenoxy) is 2. The average Bonchev–Trinajstić information content (AvgIpc) is 2.93. The van der Waals surface area contributed by atoms with Gasteiger partial charge in [-0.05, 0) is 32.9 Å². The highest BCUT2D eigenvalue weighted by Crippen LogP contribution is 2.24. The zero-order chi connectivity index (χ0) is 19.6. The Morgan fingerprint density at radius 3 is 2.48 bits per heavy atom. The highest BCUT2D eigenvalue weighted by molar-refractivity contribution is 6.33. The van der Waals surface area contributed by atoms with Crippen LogP contribution in [0.2, 0.25) is 5.15 Å². The summed E-state index contributed by atoms with van der Waals surface area (Å²) in [7, 11) is 0. The van der Waals surface area contributed by atoms with Gasteiger partial charge >= 0.3 is 5.97 Å². The third kappa shape index (κ3) is 4.31. The normalized spacial score (nSPS) is 19.8. The second-order valence-corrected chi connectivity index (χ2v) is 6.99. The van der Waals surface area contributed by atoms with Gasteiger partial charge in [0.15, 0.2) is 6.61 Å². The molecule has 1 aliphatic heterocycles. The van der Waals surface area contributed by atoms with Crippen LogP contribution in [0.5, 0.6) is 0 Å². The minimum absolute atomic E-state index is 0.0470. The summed E-state index contributed by atoms with van der Waals surface area (Å²) >= 11 is 6.35. The Hall–Kier alpha value is -2.38. The summed E-state index contributed by atoms with van der Waals surface area (Å²) in [6.45, 7) is 6.10. The number of rotatable bonds is 4. The summed E-state index contributed by atoms with van der Waals surface area (Å²) in [4.78, 5) is 26.5. The predicted octanol–water partition coefficient (Wildman–Crippen LogP) is 2.63. The molecule has 0 saturated carbocycles. The topological polar surface area (TPSA) is 73.7 Å². The highest BCUT2D eigenvalue weighted by Gasteiger charge is 2.28. The molecule has 0 radical (unpaired) electrons. The first-order valence-corrected chi connectivity index (χ1v) is 9.15. The van der Waals surface area contributed by atoms with Gasteiger partial charge in [-0.15, -0.1) is 0 Å². The van der Waals surface area contributed by atoms with E-state index in [0.29, 0.717) is 18.8 Å². The molecule has 7 nitrogen and oxygen atoms in total. The number of hydrogen-bond acceptors (Lipinski definition) is 5.